The average molecular weight is 427 g/mol. The van der Waals surface area contributed by atoms with E-state index < -0.39 is 29.9 Å². The standard InChI is InChI=1S/C24H30N2O5/c1-15(2)22(26-21(27)14-30-19-9-7-6-8-10-19)24(29)31-18(5)23(28)25-20-12-11-16(3)13-17(20)4/h6-13,15,18,22H,14H2,1-5H3,(H,25,28)(H,26,27)/t18-,22+/m1/s1. The third-order valence-electron chi connectivity index (χ3n) is 4.65. The Morgan fingerprint density at radius 3 is 2.26 bits per heavy atom. The van der Waals surface area contributed by atoms with Crippen molar-refractivity contribution in [2.24, 2.45) is 5.92 Å². The molecule has 0 saturated carbocycles. The lowest BCUT2D eigenvalue weighted by molar-refractivity contribution is -0.157. The molecule has 0 fully saturated rings. The zero-order valence-electron chi connectivity index (χ0n) is 18.6. The fraction of sp³-hybridized carbons (Fsp3) is 0.375. The van der Waals surface area contributed by atoms with Crippen LogP contribution in [0.2, 0.25) is 0 Å². The first-order valence-corrected chi connectivity index (χ1v) is 10.2. The van der Waals surface area contributed by atoms with Gasteiger partial charge in [-0.2, -0.15) is 0 Å². The number of anilines is 1. The molecule has 2 aromatic carbocycles. The summed E-state index contributed by atoms with van der Waals surface area (Å²) in [5.74, 6) is -1.25. The molecule has 166 valence electrons. The number of nitrogens with one attached hydrogen (secondary N) is 2. The van der Waals surface area contributed by atoms with E-state index in [-0.39, 0.29) is 12.5 Å². The van der Waals surface area contributed by atoms with E-state index >= 15 is 0 Å². The number of rotatable bonds is 9. The van der Waals surface area contributed by atoms with Crippen LogP contribution in [0.15, 0.2) is 48.5 Å². The van der Waals surface area contributed by atoms with Crippen LogP contribution in [-0.4, -0.2) is 36.5 Å². The summed E-state index contributed by atoms with van der Waals surface area (Å²) < 4.78 is 10.7. The van der Waals surface area contributed by atoms with E-state index in [4.69, 9.17) is 9.47 Å². The Hall–Kier alpha value is -3.35. The van der Waals surface area contributed by atoms with Crippen molar-refractivity contribution in [3.05, 3.63) is 59.7 Å². The number of ether oxygens (including phenoxy) is 2. The van der Waals surface area contributed by atoms with Gasteiger partial charge in [0.1, 0.15) is 11.8 Å². The van der Waals surface area contributed by atoms with Gasteiger partial charge >= 0.3 is 5.97 Å². The monoisotopic (exact) mass is 426 g/mol. The van der Waals surface area contributed by atoms with E-state index in [9.17, 15) is 14.4 Å². The van der Waals surface area contributed by atoms with Crippen LogP contribution in [-0.2, 0) is 19.1 Å². The number of hydrogen-bond donors (Lipinski definition) is 2. The Morgan fingerprint density at radius 2 is 1.65 bits per heavy atom. The van der Waals surface area contributed by atoms with E-state index in [1.807, 2.05) is 32.0 Å². The van der Waals surface area contributed by atoms with Crippen LogP contribution in [0.4, 0.5) is 5.69 Å². The molecule has 31 heavy (non-hydrogen) atoms. The maximum absolute atomic E-state index is 12.6. The van der Waals surface area contributed by atoms with Crippen molar-refractivity contribution >= 4 is 23.5 Å². The lowest BCUT2D eigenvalue weighted by Gasteiger charge is -2.23. The number of carbonyl (C=O) groups is 3. The summed E-state index contributed by atoms with van der Waals surface area (Å²) in [5.41, 5.74) is 2.66. The Kier molecular flexibility index (Phi) is 8.61. The predicted octanol–water partition coefficient (Wildman–Crippen LogP) is 3.39. The van der Waals surface area contributed by atoms with Crippen LogP contribution in [0, 0.1) is 19.8 Å². The van der Waals surface area contributed by atoms with Crippen molar-refractivity contribution in [3.63, 3.8) is 0 Å². The molecule has 0 spiro atoms. The molecule has 0 saturated heterocycles. The molecule has 2 aromatic rings. The van der Waals surface area contributed by atoms with Gasteiger partial charge < -0.3 is 20.1 Å². The van der Waals surface area contributed by atoms with Crippen molar-refractivity contribution in [1.82, 2.24) is 5.32 Å². The topological polar surface area (TPSA) is 93.7 Å². The third kappa shape index (κ3) is 7.44. The minimum Gasteiger partial charge on any atom is -0.484 e. The summed E-state index contributed by atoms with van der Waals surface area (Å²) in [7, 11) is 0. The summed E-state index contributed by atoms with van der Waals surface area (Å²) in [5, 5.41) is 5.39. The molecule has 2 amide bonds. The van der Waals surface area contributed by atoms with Crippen LogP contribution < -0.4 is 15.4 Å². The molecule has 0 aliphatic heterocycles. The molecule has 0 radical (unpaired) electrons. The number of benzene rings is 2. The van der Waals surface area contributed by atoms with Gasteiger partial charge in [0, 0.05) is 5.69 Å². The fourth-order valence-electron chi connectivity index (χ4n) is 2.87. The van der Waals surface area contributed by atoms with Crippen LogP contribution in [0.5, 0.6) is 5.75 Å². The van der Waals surface area contributed by atoms with Gasteiger partial charge in [-0.05, 0) is 50.5 Å². The van der Waals surface area contributed by atoms with Crippen LogP contribution in [0.25, 0.3) is 0 Å². The van der Waals surface area contributed by atoms with Crippen LogP contribution >= 0.6 is 0 Å². The van der Waals surface area contributed by atoms with Crippen molar-refractivity contribution < 1.29 is 23.9 Å². The molecule has 2 rings (SSSR count). The molecule has 0 aliphatic rings. The van der Waals surface area contributed by atoms with Gasteiger partial charge in [-0.3, -0.25) is 9.59 Å². The number of carbonyl (C=O) groups excluding carboxylic acids is 3. The fourth-order valence-corrected chi connectivity index (χ4v) is 2.87. The number of amides is 2. The largest absolute Gasteiger partial charge is 0.484 e. The molecule has 0 aliphatic carbocycles. The van der Waals surface area contributed by atoms with Crippen LogP contribution in [0.1, 0.15) is 31.9 Å². The summed E-state index contributed by atoms with van der Waals surface area (Å²) in [6.07, 6.45) is -1.02. The number of hydrogen-bond acceptors (Lipinski definition) is 5. The predicted molar refractivity (Wildman–Crippen MR) is 119 cm³/mol. The molecular weight excluding hydrogens is 396 g/mol. The van der Waals surface area contributed by atoms with Crippen LogP contribution in [0.3, 0.4) is 0 Å². The Labute approximate surface area is 183 Å². The number of esters is 1. The number of para-hydroxylation sites is 1. The summed E-state index contributed by atoms with van der Waals surface area (Å²) in [6, 6.07) is 13.7. The molecule has 2 N–H and O–H groups in total. The second-order valence-electron chi connectivity index (χ2n) is 7.78. The van der Waals surface area contributed by atoms with Crippen molar-refractivity contribution in [2.45, 2.75) is 46.8 Å². The lowest BCUT2D eigenvalue weighted by atomic mass is 10.0. The van der Waals surface area contributed by atoms with E-state index in [1.165, 1.54) is 6.92 Å². The van der Waals surface area contributed by atoms with Gasteiger partial charge in [0.05, 0.1) is 0 Å². The summed E-state index contributed by atoms with van der Waals surface area (Å²) in [6.45, 7) is 8.68. The van der Waals surface area contributed by atoms with E-state index in [2.05, 4.69) is 10.6 Å². The second kappa shape index (κ2) is 11.2. The molecule has 0 heterocycles. The van der Waals surface area contributed by atoms with Gasteiger partial charge in [0.2, 0.25) is 0 Å². The van der Waals surface area contributed by atoms with E-state index in [1.54, 1.807) is 44.2 Å². The zero-order chi connectivity index (χ0) is 23.0. The first-order chi connectivity index (χ1) is 14.7. The minimum atomic E-state index is -1.02. The van der Waals surface area contributed by atoms with Gasteiger partial charge in [-0.25, -0.2) is 4.79 Å². The van der Waals surface area contributed by atoms with Gasteiger partial charge in [0.25, 0.3) is 11.8 Å². The molecule has 0 aromatic heterocycles. The van der Waals surface area contributed by atoms with Crippen molar-refractivity contribution in [2.75, 3.05) is 11.9 Å². The summed E-state index contributed by atoms with van der Waals surface area (Å²) >= 11 is 0. The highest BCUT2D eigenvalue weighted by Crippen LogP contribution is 2.17. The quantitative estimate of drug-likeness (QED) is 0.600. The van der Waals surface area contributed by atoms with Crippen molar-refractivity contribution in [1.29, 1.82) is 0 Å². The first kappa shape index (κ1) is 23.9. The lowest BCUT2D eigenvalue weighted by Crippen LogP contribution is -2.48. The Bertz CT molecular complexity index is 911. The van der Waals surface area contributed by atoms with Gasteiger partial charge in [0.15, 0.2) is 12.7 Å². The smallest absolute Gasteiger partial charge is 0.329 e. The Morgan fingerprint density at radius 1 is 0.968 bits per heavy atom. The SMILES string of the molecule is Cc1ccc(NC(=O)[C@@H](C)OC(=O)[C@@H](NC(=O)COc2ccccc2)C(C)C)c(C)c1. The zero-order valence-corrected chi connectivity index (χ0v) is 18.6. The highest BCUT2D eigenvalue weighted by molar-refractivity contribution is 5.96. The van der Waals surface area contributed by atoms with Gasteiger partial charge in [-0.1, -0.05) is 49.7 Å². The number of aryl methyl sites for hydroxylation is 2. The maximum atomic E-state index is 12.6. The molecule has 0 bridgehead atoms. The maximum Gasteiger partial charge on any atom is 0.329 e. The van der Waals surface area contributed by atoms with Gasteiger partial charge in [-0.15, -0.1) is 0 Å². The van der Waals surface area contributed by atoms with Crippen molar-refractivity contribution in [3.8, 4) is 5.75 Å². The molecule has 0 unspecified atom stereocenters. The second-order valence-corrected chi connectivity index (χ2v) is 7.78. The normalized spacial score (nSPS) is 12.6. The molecule has 2 atom stereocenters. The highest BCUT2D eigenvalue weighted by Gasteiger charge is 2.29. The molecule has 7 nitrogen and oxygen atoms in total. The van der Waals surface area contributed by atoms with E-state index in [0.29, 0.717) is 11.4 Å². The summed E-state index contributed by atoms with van der Waals surface area (Å²) in [4.78, 5) is 37.3. The first-order valence-electron chi connectivity index (χ1n) is 10.2. The average Bonchev–Trinajstić information content (AvgIpc) is 2.72. The molecule has 7 heteroatoms. The molecular formula is C24H30N2O5. The minimum absolute atomic E-state index is 0.233. The third-order valence-corrected chi connectivity index (χ3v) is 4.65. The highest BCUT2D eigenvalue weighted by atomic mass is 16.5. The Balaban J connectivity index is 1.91. The van der Waals surface area contributed by atoms with E-state index in [0.717, 1.165) is 11.1 Å².